The van der Waals surface area contributed by atoms with E-state index in [2.05, 4.69) is 9.93 Å². The van der Waals surface area contributed by atoms with E-state index in [4.69, 9.17) is 0 Å². The number of nitrogens with zero attached hydrogens (tertiary/aromatic N) is 2. The topological polar surface area (TPSA) is 64.0 Å². The predicted octanol–water partition coefficient (Wildman–Crippen LogP) is 4.65. The summed E-state index contributed by atoms with van der Waals surface area (Å²) in [6.07, 6.45) is -4.73. The summed E-state index contributed by atoms with van der Waals surface area (Å²) < 4.78 is 65.0. The summed E-state index contributed by atoms with van der Waals surface area (Å²) in [6, 6.07) is 20.6. The monoisotopic (exact) mass is 417 g/mol. The van der Waals surface area contributed by atoms with E-state index < -0.39 is 21.9 Å². The highest BCUT2D eigenvalue weighted by molar-refractivity contribution is 7.92. The summed E-state index contributed by atoms with van der Waals surface area (Å²) in [7, 11) is -4.14. The summed E-state index contributed by atoms with van der Waals surface area (Å²) in [4.78, 5) is 2.68. The van der Waals surface area contributed by atoms with Gasteiger partial charge in [0.25, 0.3) is 10.0 Å². The highest BCUT2D eigenvalue weighted by atomic mass is 32.2. The van der Waals surface area contributed by atoms with E-state index in [-0.39, 0.29) is 10.6 Å². The largest absolute Gasteiger partial charge is 0.435 e. The number of nitrogens with one attached hydrogen (secondary N) is 1. The van der Waals surface area contributed by atoms with Crippen molar-refractivity contribution in [1.82, 2.24) is 9.89 Å². The van der Waals surface area contributed by atoms with Crippen LogP contribution in [0.15, 0.2) is 83.8 Å². The van der Waals surface area contributed by atoms with Gasteiger partial charge in [0, 0.05) is 5.56 Å². The van der Waals surface area contributed by atoms with Gasteiger partial charge in [-0.15, -0.1) is 5.10 Å². The number of hydrogen-bond donors (Lipinski definition) is 1. The van der Waals surface area contributed by atoms with E-state index in [1.807, 2.05) is 24.3 Å². The van der Waals surface area contributed by atoms with Crippen molar-refractivity contribution >= 4 is 20.8 Å². The Morgan fingerprint density at radius 2 is 1.48 bits per heavy atom. The zero-order valence-electron chi connectivity index (χ0n) is 14.8. The molecule has 0 radical (unpaired) electrons. The minimum atomic E-state index is -4.73. The van der Waals surface area contributed by atoms with Gasteiger partial charge in [-0.1, -0.05) is 54.6 Å². The summed E-state index contributed by atoms with van der Waals surface area (Å²) in [6.45, 7) is 0. The normalized spacial score (nSPS) is 12.2. The van der Waals surface area contributed by atoms with Crippen LogP contribution in [0, 0.1) is 0 Å². The molecule has 0 amide bonds. The molecule has 4 rings (SSSR count). The van der Waals surface area contributed by atoms with Crippen LogP contribution in [-0.2, 0) is 16.2 Å². The van der Waals surface area contributed by atoms with Gasteiger partial charge in [0.15, 0.2) is 5.69 Å². The Balaban J connectivity index is 1.83. The number of rotatable bonds is 4. The Bertz CT molecular complexity index is 1280. The number of alkyl halides is 3. The van der Waals surface area contributed by atoms with Gasteiger partial charge < -0.3 is 0 Å². The van der Waals surface area contributed by atoms with Crippen molar-refractivity contribution in [2.45, 2.75) is 11.1 Å². The molecule has 1 N–H and O–H groups in total. The van der Waals surface area contributed by atoms with E-state index >= 15 is 0 Å². The quantitative estimate of drug-likeness (QED) is 0.526. The molecule has 0 bridgehead atoms. The van der Waals surface area contributed by atoms with Gasteiger partial charge in [-0.25, -0.2) is 0 Å². The fourth-order valence-corrected chi connectivity index (χ4v) is 3.90. The highest BCUT2D eigenvalue weighted by Gasteiger charge is 2.35. The van der Waals surface area contributed by atoms with Crippen molar-refractivity contribution in [3.63, 3.8) is 0 Å². The number of sulfonamides is 1. The zero-order valence-corrected chi connectivity index (χ0v) is 15.6. The van der Waals surface area contributed by atoms with Gasteiger partial charge >= 0.3 is 6.18 Å². The lowest BCUT2D eigenvalue weighted by Gasteiger charge is -2.11. The van der Waals surface area contributed by atoms with Crippen LogP contribution in [0.3, 0.4) is 0 Å². The van der Waals surface area contributed by atoms with E-state index in [0.29, 0.717) is 10.4 Å². The van der Waals surface area contributed by atoms with E-state index in [1.165, 1.54) is 24.3 Å². The van der Waals surface area contributed by atoms with Crippen molar-refractivity contribution in [3.05, 3.63) is 84.6 Å². The van der Waals surface area contributed by atoms with Crippen LogP contribution in [0.2, 0.25) is 0 Å². The molecule has 3 aromatic carbocycles. The van der Waals surface area contributed by atoms with Gasteiger partial charge in [-0.05, 0) is 35.0 Å². The summed E-state index contributed by atoms with van der Waals surface area (Å²) >= 11 is 0. The minimum Gasteiger partial charge on any atom is -0.200 e. The van der Waals surface area contributed by atoms with Crippen molar-refractivity contribution in [2.75, 3.05) is 4.83 Å². The SMILES string of the molecule is O=S(=O)(Nn1nc(C(F)(F)F)cc1-c1ccc2ccccc2c1)c1ccccc1. The number of fused-ring (bicyclic) bond motifs is 1. The average Bonchev–Trinajstić information content (AvgIpc) is 3.12. The molecular weight excluding hydrogens is 403 g/mol. The molecular formula is C20H14F3N3O2S. The lowest BCUT2D eigenvalue weighted by Crippen LogP contribution is -2.25. The molecule has 0 atom stereocenters. The molecule has 0 aliphatic carbocycles. The van der Waals surface area contributed by atoms with Crippen LogP contribution in [0.25, 0.3) is 22.0 Å². The lowest BCUT2D eigenvalue weighted by atomic mass is 10.1. The lowest BCUT2D eigenvalue weighted by molar-refractivity contribution is -0.141. The number of benzene rings is 3. The second kappa shape index (κ2) is 6.93. The van der Waals surface area contributed by atoms with Gasteiger partial charge in [0.2, 0.25) is 0 Å². The van der Waals surface area contributed by atoms with Gasteiger partial charge in [-0.2, -0.15) is 31.2 Å². The summed E-state index contributed by atoms with van der Waals surface area (Å²) in [5.74, 6) is 0. The van der Waals surface area contributed by atoms with E-state index in [9.17, 15) is 21.6 Å². The van der Waals surface area contributed by atoms with Crippen LogP contribution in [-0.4, -0.2) is 18.3 Å². The first kappa shape index (κ1) is 19.0. The first-order valence-electron chi connectivity index (χ1n) is 8.48. The molecule has 0 fully saturated rings. The Labute approximate surface area is 164 Å². The highest BCUT2D eigenvalue weighted by Crippen LogP contribution is 2.32. The van der Waals surface area contributed by atoms with Gasteiger partial charge in [-0.3, -0.25) is 0 Å². The Morgan fingerprint density at radius 1 is 0.828 bits per heavy atom. The molecule has 0 spiro atoms. The number of aromatic nitrogens is 2. The Kier molecular flexibility index (Phi) is 4.54. The fraction of sp³-hybridized carbons (Fsp3) is 0.0500. The molecule has 4 aromatic rings. The van der Waals surface area contributed by atoms with Crippen LogP contribution in [0.4, 0.5) is 13.2 Å². The summed E-state index contributed by atoms with van der Waals surface area (Å²) in [5.41, 5.74) is -0.832. The van der Waals surface area contributed by atoms with Crippen LogP contribution in [0.5, 0.6) is 0 Å². The maximum absolute atomic E-state index is 13.3. The summed E-state index contributed by atoms with van der Waals surface area (Å²) in [5, 5.41) is 5.16. The second-order valence-corrected chi connectivity index (χ2v) is 7.95. The van der Waals surface area contributed by atoms with E-state index in [0.717, 1.165) is 16.8 Å². The van der Waals surface area contributed by atoms with Gasteiger partial charge in [0.1, 0.15) is 0 Å². The second-order valence-electron chi connectivity index (χ2n) is 6.29. The molecule has 148 valence electrons. The third-order valence-electron chi connectivity index (χ3n) is 4.31. The Hall–Kier alpha value is -3.33. The van der Waals surface area contributed by atoms with Crippen molar-refractivity contribution in [2.24, 2.45) is 0 Å². The minimum absolute atomic E-state index is 0.0254. The molecule has 0 aliphatic rings. The van der Waals surface area contributed by atoms with Crippen LogP contribution < -0.4 is 4.83 Å². The first-order chi connectivity index (χ1) is 13.7. The molecule has 1 heterocycles. The molecule has 0 unspecified atom stereocenters. The number of halogens is 3. The molecule has 0 aliphatic heterocycles. The smallest absolute Gasteiger partial charge is 0.200 e. The first-order valence-corrected chi connectivity index (χ1v) is 9.97. The zero-order chi connectivity index (χ0) is 20.6. The maximum atomic E-state index is 13.3. The molecule has 9 heteroatoms. The van der Waals surface area contributed by atoms with Gasteiger partial charge in [0.05, 0.1) is 10.6 Å². The van der Waals surface area contributed by atoms with Crippen LogP contribution in [0.1, 0.15) is 5.69 Å². The average molecular weight is 417 g/mol. The molecule has 29 heavy (non-hydrogen) atoms. The number of hydrogen-bond acceptors (Lipinski definition) is 3. The maximum Gasteiger partial charge on any atom is 0.435 e. The van der Waals surface area contributed by atoms with E-state index in [1.54, 1.807) is 24.3 Å². The fourth-order valence-electron chi connectivity index (χ4n) is 2.91. The standard InChI is InChI=1S/C20H14F3N3O2S/c21-20(22,23)19-13-18(16-11-10-14-6-4-5-7-15(14)12-16)26(24-19)25-29(27,28)17-8-2-1-3-9-17/h1-13,25H. The third kappa shape index (κ3) is 3.81. The molecule has 1 aromatic heterocycles. The van der Waals surface area contributed by atoms with Crippen molar-refractivity contribution in [1.29, 1.82) is 0 Å². The predicted molar refractivity (Wildman–Crippen MR) is 103 cm³/mol. The molecule has 5 nitrogen and oxygen atoms in total. The Morgan fingerprint density at radius 3 is 2.17 bits per heavy atom. The van der Waals surface area contributed by atoms with Crippen LogP contribution >= 0.6 is 0 Å². The van der Waals surface area contributed by atoms with Crippen molar-refractivity contribution in [3.8, 4) is 11.3 Å². The molecule has 0 saturated heterocycles. The molecule has 0 saturated carbocycles. The third-order valence-corrected chi connectivity index (χ3v) is 5.61. The van der Waals surface area contributed by atoms with Crippen molar-refractivity contribution < 1.29 is 21.6 Å².